The topological polar surface area (TPSA) is 77.1 Å². The summed E-state index contributed by atoms with van der Waals surface area (Å²) in [6, 6.07) is 11.0. The van der Waals surface area contributed by atoms with Crippen molar-refractivity contribution in [2.75, 3.05) is 46.6 Å². The molecule has 1 amide bonds. The molecule has 0 radical (unpaired) electrons. The van der Waals surface area contributed by atoms with E-state index in [1.54, 1.807) is 30.3 Å². The lowest BCUT2D eigenvalue weighted by Crippen LogP contribution is -2.44. The highest BCUT2D eigenvalue weighted by Crippen LogP contribution is 2.28. The van der Waals surface area contributed by atoms with E-state index in [2.05, 4.69) is 10.2 Å². The Labute approximate surface area is 181 Å². The first-order valence-corrected chi connectivity index (χ1v) is 10.1. The maximum absolute atomic E-state index is 13.4. The summed E-state index contributed by atoms with van der Waals surface area (Å²) in [6.07, 6.45) is 0. The van der Waals surface area contributed by atoms with Crippen LogP contribution in [0.3, 0.4) is 0 Å². The molecule has 1 aliphatic heterocycles. The van der Waals surface area contributed by atoms with Crippen LogP contribution in [0.5, 0.6) is 11.5 Å². The fourth-order valence-corrected chi connectivity index (χ4v) is 3.44. The van der Waals surface area contributed by atoms with E-state index in [0.717, 1.165) is 18.7 Å². The van der Waals surface area contributed by atoms with Crippen LogP contribution in [-0.4, -0.2) is 63.2 Å². The number of ketones is 1. The summed E-state index contributed by atoms with van der Waals surface area (Å²) in [7, 11) is 1.47. The van der Waals surface area contributed by atoms with Crippen LogP contribution in [0.25, 0.3) is 0 Å². The van der Waals surface area contributed by atoms with E-state index in [4.69, 9.17) is 14.2 Å². The molecule has 1 fully saturated rings. The molecule has 1 N–H and O–H groups in total. The number of nitrogens with zero attached hydrogens (tertiary/aromatic N) is 1. The van der Waals surface area contributed by atoms with E-state index in [1.165, 1.54) is 26.2 Å². The van der Waals surface area contributed by atoms with Gasteiger partial charge in [0.05, 0.1) is 26.4 Å². The van der Waals surface area contributed by atoms with Gasteiger partial charge in [0.15, 0.2) is 23.9 Å². The van der Waals surface area contributed by atoms with Gasteiger partial charge in [0.25, 0.3) is 5.91 Å². The summed E-state index contributed by atoms with van der Waals surface area (Å²) in [5, 5.41) is 2.90. The summed E-state index contributed by atoms with van der Waals surface area (Å²) in [5.41, 5.74) is 1.42. The van der Waals surface area contributed by atoms with Crippen LogP contribution in [0.1, 0.15) is 28.9 Å². The molecule has 1 atom stereocenters. The van der Waals surface area contributed by atoms with Crippen molar-refractivity contribution in [1.82, 2.24) is 10.2 Å². The van der Waals surface area contributed by atoms with E-state index < -0.39 is 0 Å². The average molecular weight is 430 g/mol. The normalized spacial score (nSPS) is 15.2. The molecule has 1 heterocycles. The highest BCUT2D eigenvalue weighted by molar-refractivity contribution is 5.94. The Bertz CT molecular complexity index is 897. The maximum Gasteiger partial charge on any atom is 0.258 e. The SMILES string of the molecule is COc1cc(C(C)=O)ccc1OCC(=O)NC[C@H](c1ccc(F)cc1)N1CCOCC1. The lowest BCUT2D eigenvalue weighted by atomic mass is 10.0. The molecule has 1 saturated heterocycles. The first-order chi connectivity index (χ1) is 15.0. The van der Waals surface area contributed by atoms with Gasteiger partial charge in [0.1, 0.15) is 5.82 Å². The number of halogens is 1. The van der Waals surface area contributed by atoms with Crippen LogP contribution < -0.4 is 14.8 Å². The van der Waals surface area contributed by atoms with Crippen LogP contribution >= 0.6 is 0 Å². The molecule has 0 aromatic heterocycles. The van der Waals surface area contributed by atoms with Crippen LogP contribution in [0.4, 0.5) is 4.39 Å². The first kappa shape index (κ1) is 22.7. The van der Waals surface area contributed by atoms with Gasteiger partial charge in [-0.05, 0) is 42.8 Å². The molecule has 1 aliphatic rings. The second-order valence-electron chi connectivity index (χ2n) is 7.23. The summed E-state index contributed by atoms with van der Waals surface area (Å²) in [6.45, 7) is 4.32. The van der Waals surface area contributed by atoms with Crippen molar-refractivity contribution in [3.8, 4) is 11.5 Å². The Balaban J connectivity index is 1.60. The monoisotopic (exact) mass is 430 g/mol. The van der Waals surface area contributed by atoms with Crippen molar-refractivity contribution in [3.63, 3.8) is 0 Å². The molecule has 8 heteroatoms. The third-order valence-electron chi connectivity index (χ3n) is 5.16. The van der Waals surface area contributed by atoms with E-state index in [0.29, 0.717) is 36.8 Å². The van der Waals surface area contributed by atoms with E-state index >= 15 is 0 Å². The number of rotatable bonds is 9. The van der Waals surface area contributed by atoms with Gasteiger partial charge in [-0.15, -0.1) is 0 Å². The molecule has 2 aromatic rings. The molecule has 0 unspecified atom stereocenters. The molecular formula is C23H27FN2O5. The Morgan fingerprint density at radius 3 is 2.48 bits per heavy atom. The minimum atomic E-state index is -0.299. The fourth-order valence-electron chi connectivity index (χ4n) is 3.44. The number of ether oxygens (including phenoxy) is 3. The summed E-state index contributed by atoms with van der Waals surface area (Å²) in [5.74, 6) is 0.0891. The Morgan fingerprint density at radius 2 is 1.84 bits per heavy atom. The van der Waals surface area contributed by atoms with Gasteiger partial charge in [-0.25, -0.2) is 4.39 Å². The van der Waals surface area contributed by atoms with Crippen molar-refractivity contribution < 1.29 is 28.2 Å². The van der Waals surface area contributed by atoms with Crippen LogP contribution in [-0.2, 0) is 9.53 Å². The zero-order chi connectivity index (χ0) is 22.2. The number of amides is 1. The first-order valence-electron chi connectivity index (χ1n) is 10.1. The van der Waals surface area contributed by atoms with Gasteiger partial charge < -0.3 is 19.5 Å². The second kappa shape index (κ2) is 10.9. The molecule has 166 valence electrons. The smallest absolute Gasteiger partial charge is 0.258 e. The second-order valence-corrected chi connectivity index (χ2v) is 7.23. The maximum atomic E-state index is 13.4. The number of nitrogens with one attached hydrogen (secondary N) is 1. The largest absolute Gasteiger partial charge is 0.493 e. The molecule has 7 nitrogen and oxygen atoms in total. The molecule has 0 bridgehead atoms. The van der Waals surface area contributed by atoms with Crippen molar-refractivity contribution in [2.24, 2.45) is 0 Å². The fraction of sp³-hybridized carbons (Fsp3) is 0.391. The minimum Gasteiger partial charge on any atom is -0.493 e. The van der Waals surface area contributed by atoms with Crippen molar-refractivity contribution in [1.29, 1.82) is 0 Å². The summed E-state index contributed by atoms with van der Waals surface area (Å²) in [4.78, 5) is 26.2. The molecule has 2 aromatic carbocycles. The van der Waals surface area contributed by atoms with E-state index in [9.17, 15) is 14.0 Å². The quantitative estimate of drug-likeness (QED) is 0.617. The molecule has 0 saturated carbocycles. The number of hydrogen-bond donors (Lipinski definition) is 1. The predicted octanol–water partition coefficient (Wildman–Crippen LogP) is 2.61. The van der Waals surface area contributed by atoms with Gasteiger partial charge in [0.2, 0.25) is 0 Å². The van der Waals surface area contributed by atoms with Crippen molar-refractivity contribution in [3.05, 3.63) is 59.4 Å². The Hall–Kier alpha value is -2.97. The molecule has 0 aliphatic carbocycles. The predicted molar refractivity (Wildman–Crippen MR) is 113 cm³/mol. The Morgan fingerprint density at radius 1 is 1.13 bits per heavy atom. The van der Waals surface area contributed by atoms with Crippen LogP contribution in [0.15, 0.2) is 42.5 Å². The van der Waals surface area contributed by atoms with Gasteiger partial charge >= 0.3 is 0 Å². The lowest BCUT2D eigenvalue weighted by molar-refractivity contribution is -0.123. The van der Waals surface area contributed by atoms with Gasteiger partial charge in [-0.2, -0.15) is 0 Å². The summed E-state index contributed by atoms with van der Waals surface area (Å²) < 4.78 is 29.6. The minimum absolute atomic E-state index is 0.0856. The standard InChI is InChI=1S/C23H27FN2O5/c1-16(27)18-5-8-21(22(13-18)29-2)31-15-23(28)25-14-20(26-9-11-30-12-10-26)17-3-6-19(24)7-4-17/h3-8,13,20H,9-12,14-15H2,1-2H3,(H,25,28)/t20-/m1/s1. The number of carbonyl (C=O) groups excluding carboxylic acids is 2. The van der Waals surface area contributed by atoms with Crippen molar-refractivity contribution >= 4 is 11.7 Å². The molecule has 3 rings (SSSR count). The van der Waals surface area contributed by atoms with Crippen LogP contribution in [0.2, 0.25) is 0 Å². The highest BCUT2D eigenvalue weighted by atomic mass is 19.1. The number of methoxy groups -OCH3 is 1. The van der Waals surface area contributed by atoms with Gasteiger partial charge in [0, 0.05) is 25.2 Å². The average Bonchev–Trinajstić information content (AvgIpc) is 2.79. The molecule has 0 spiro atoms. The van der Waals surface area contributed by atoms with Gasteiger partial charge in [-0.3, -0.25) is 14.5 Å². The molecule has 31 heavy (non-hydrogen) atoms. The van der Waals surface area contributed by atoms with Crippen molar-refractivity contribution in [2.45, 2.75) is 13.0 Å². The number of Topliss-reactive ketones (excluding diaryl/α,β-unsaturated/α-hetero) is 1. The molecular weight excluding hydrogens is 403 g/mol. The van der Waals surface area contributed by atoms with Gasteiger partial charge in [-0.1, -0.05) is 12.1 Å². The van der Waals surface area contributed by atoms with E-state index in [-0.39, 0.29) is 30.2 Å². The number of hydrogen-bond acceptors (Lipinski definition) is 6. The zero-order valence-electron chi connectivity index (χ0n) is 17.7. The third-order valence-corrected chi connectivity index (χ3v) is 5.16. The number of benzene rings is 2. The third kappa shape index (κ3) is 6.26. The highest BCUT2D eigenvalue weighted by Gasteiger charge is 2.23. The summed E-state index contributed by atoms with van der Waals surface area (Å²) >= 11 is 0. The van der Waals surface area contributed by atoms with Crippen LogP contribution in [0, 0.1) is 5.82 Å². The lowest BCUT2D eigenvalue weighted by Gasteiger charge is -2.35. The van der Waals surface area contributed by atoms with E-state index in [1.807, 2.05) is 0 Å². The zero-order valence-corrected chi connectivity index (χ0v) is 17.7. The number of carbonyl (C=O) groups is 2. The Kier molecular flexibility index (Phi) is 7.97. The number of morpholine rings is 1.